The van der Waals surface area contributed by atoms with E-state index in [1.54, 1.807) is 7.11 Å². The summed E-state index contributed by atoms with van der Waals surface area (Å²) in [5.41, 5.74) is 0. The Morgan fingerprint density at radius 3 is 2.57 bits per heavy atom. The molecule has 0 aromatic heterocycles. The van der Waals surface area contributed by atoms with Crippen LogP contribution in [-0.4, -0.2) is 29.5 Å². The third-order valence-corrected chi connectivity index (χ3v) is 2.95. The summed E-state index contributed by atoms with van der Waals surface area (Å²) in [6.45, 7) is 3.70. The molecular weight excluding hydrogens is 246 g/mol. The van der Waals surface area contributed by atoms with Crippen LogP contribution in [0.25, 0.3) is 0 Å². The van der Waals surface area contributed by atoms with Gasteiger partial charge >= 0.3 is 0 Å². The Morgan fingerprint density at radius 1 is 1.50 bits per heavy atom. The third kappa shape index (κ3) is 3.24. The van der Waals surface area contributed by atoms with Crippen molar-refractivity contribution in [1.29, 1.82) is 0 Å². The molecule has 1 aliphatic carbocycles. The summed E-state index contributed by atoms with van der Waals surface area (Å²) in [6.07, 6.45) is 3.32. The smallest absolute Gasteiger partial charge is 0.236 e. The molecule has 1 rings (SSSR count). The van der Waals surface area contributed by atoms with Gasteiger partial charge in [0.1, 0.15) is 0 Å². The normalized spacial score (nSPS) is 27.7. The van der Waals surface area contributed by atoms with Crippen LogP contribution in [0.5, 0.6) is 0 Å². The summed E-state index contributed by atoms with van der Waals surface area (Å²) in [5, 5.41) is 3.02. The maximum absolute atomic E-state index is 11.6. The topological polar surface area (TPSA) is 38.3 Å². The van der Waals surface area contributed by atoms with Crippen LogP contribution in [0.15, 0.2) is 0 Å². The van der Waals surface area contributed by atoms with Crippen LogP contribution in [0.4, 0.5) is 0 Å². The molecule has 0 heterocycles. The zero-order valence-electron chi connectivity index (χ0n) is 8.97. The van der Waals surface area contributed by atoms with Gasteiger partial charge < -0.3 is 10.1 Å². The van der Waals surface area contributed by atoms with Gasteiger partial charge in [-0.3, -0.25) is 4.79 Å². The first kappa shape index (κ1) is 12.0. The molecule has 4 heteroatoms. The monoisotopic (exact) mass is 263 g/mol. The van der Waals surface area contributed by atoms with Crippen molar-refractivity contribution in [2.24, 2.45) is 0 Å². The van der Waals surface area contributed by atoms with Gasteiger partial charge in [-0.1, -0.05) is 15.9 Å². The van der Waals surface area contributed by atoms with Crippen molar-refractivity contribution in [3.05, 3.63) is 0 Å². The number of carbonyl (C=O) groups is 1. The molecule has 1 aliphatic rings. The first-order valence-electron chi connectivity index (χ1n) is 4.96. The van der Waals surface area contributed by atoms with Gasteiger partial charge in [0.25, 0.3) is 0 Å². The molecule has 1 N–H and O–H groups in total. The van der Waals surface area contributed by atoms with Gasteiger partial charge in [-0.25, -0.2) is 0 Å². The van der Waals surface area contributed by atoms with Crippen molar-refractivity contribution in [2.45, 2.75) is 49.6 Å². The maximum atomic E-state index is 11.6. The quantitative estimate of drug-likeness (QED) is 0.790. The number of rotatable bonds is 3. The van der Waals surface area contributed by atoms with Gasteiger partial charge in [0.2, 0.25) is 5.91 Å². The first-order valence-corrected chi connectivity index (χ1v) is 5.75. The van der Waals surface area contributed by atoms with E-state index in [9.17, 15) is 4.79 Å². The van der Waals surface area contributed by atoms with Crippen LogP contribution < -0.4 is 5.32 Å². The van der Waals surface area contributed by atoms with Crippen molar-refractivity contribution in [2.75, 3.05) is 7.11 Å². The summed E-state index contributed by atoms with van der Waals surface area (Å²) in [7, 11) is 1.73. The average Bonchev–Trinajstić information content (AvgIpc) is 2.50. The maximum Gasteiger partial charge on any atom is 0.236 e. The highest BCUT2D eigenvalue weighted by Gasteiger charge is 2.30. The second-order valence-electron chi connectivity index (χ2n) is 4.31. The number of hydrogen-bond donors (Lipinski definition) is 1. The number of hydrogen-bond acceptors (Lipinski definition) is 2. The van der Waals surface area contributed by atoms with Crippen LogP contribution in [-0.2, 0) is 9.53 Å². The van der Waals surface area contributed by atoms with Crippen LogP contribution in [0.2, 0.25) is 0 Å². The van der Waals surface area contributed by atoms with Crippen molar-refractivity contribution in [1.82, 2.24) is 5.32 Å². The minimum absolute atomic E-state index is 0.0549. The number of alkyl halides is 1. The largest absolute Gasteiger partial charge is 0.381 e. The summed E-state index contributed by atoms with van der Waals surface area (Å²) >= 11 is 3.34. The Kier molecular flexibility index (Phi) is 3.95. The van der Waals surface area contributed by atoms with Gasteiger partial charge in [0, 0.05) is 13.2 Å². The van der Waals surface area contributed by atoms with Gasteiger partial charge in [-0.2, -0.15) is 0 Å². The SMILES string of the molecule is COC1CCC(NC(=O)C(C)(C)Br)C1. The Bertz CT molecular complexity index is 213. The molecule has 0 aromatic rings. The summed E-state index contributed by atoms with van der Waals surface area (Å²) in [6, 6.07) is 0.282. The Morgan fingerprint density at radius 2 is 2.14 bits per heavy atom. The number of ether oxygens (including phenoxy) is 1. The van der Waals surface area contributed by atoms with Crippen LogP contribution >= 0.6 is 15.9 Å². The van der Waals surface area contributed by atoms with E-state index in [1.165, 1.54) is 0 Å². The molecule has 2 atom stereocenters. The number of methoxy groups -OCH3 is 1. The fraction of sp³-hybridized carbons (Fsp3) is 0.900. The van der Waals surface area contributed by atoms with E-state index in [0.717, 1.165) is 19.3 Å². The van der Waals surface area contributed by atoms with E-state index in [-0.39, 0.29) is 11.9 Å². The van der Waals surface area contributed by atoms with E-state index < -0.39 is 4.32 Å². The molecule has 0 bridgehead atoms. The zero-order valence-corrected chi connectivity index (χ0v) is 10.6. The number of amides is 1. The van der Waals surface area contributed by atoms with Crippen molar-refractivity contribution in [3.8, 4) is 0 Å². The molecule has 0 radical (unpaired) electrons. The second-order valence-corrected chi connectivity index (χ2v) is 6.30. The molecule has 0 aliphatic heterocycles. The zero-order chi connectivity index (χ0) is 10.8. The van der Waals surface area contributed by atoms with E-state index >= 15 is 0 Å². The van der Waals surface area contributed by atoms with Crippen molar-refractivity contribution in [3.63, 3.8) is 0 Å². The van der Waals surface area contributed by atoms with Gasteiger partial charge in [-0.15, -0.1) is 0 Å². The minimum atomic E-state index is -0.474. The highest BCUT2D eigenvalue weighted by atomic mass is 79.9. The van der Waals surface area contributed by atoms with Gasteiger partial charge in [0.05, 0.1) is 10.4 Å². The lowest BCUT2D eigenvalue weighted by molar-refractivity contribution is -0.123. The Balaban J connectivity index is 2.36. The molecular formula is C10H18BrNO2. The fourth-order valence-corrected chi connectivity index (χ4v) is 1.76. The molecule has 3 nitrogen and oxygen atoms in total. The standard InChI is InChI=1S/C10H18BrNO2/c1-10(2,11)9(13)12-7-4-5-8(6-7)14-3/h7-8H,4-6H2,1-3H3,(H,12,13). The van der Waals surface area contributed by atoms with Gasteiger partial charge in [-0.05, 0) is 33.1 Å². The third-order valence-electron chi connectivity index (χ3n) is 2.59. The molecule has 0 aromatic carbocycles. The van der Waals surface area contributed by atoms with E-state index in [4.69, 9.17) is 4.74 Å². The number of nitrogens with one attached hydrogen (secondary N) is 1. The molecule has 0 spiro atoms. The highest BCUT2D eigenvalue weighted by molar-refractivity contribution is 9.10. The molecule has 1 amide bonds. The van der Waals surface area contributed by atoms with Gasteiger partial charge in [0.15, 0.2) is 0 Å². The summed E-state index contributed by atoms with van der Waals surface area (Å²) in [5.74, 6) is 0.0549. The highest BCUT2D eigenvalue weighted by Crippen LogP contribution is 2.23. The molecule has 14 heavy (non-hydrogen) atoms. The minimum Gasteiger partial charge on any atom is -0.381 e. The average molecular weight is 264 g/mol. The lowest BCUT2D eigenvalue weighted by Crippen LogP contribution is -2.42. The van der Waals surface area contributed by atoms with Crippen LogP contribution in [0.3, 0.4) is 0 Å². The lowest BCUT2D eigenvalue weighted by atomic mass is 10.1. The van der Waals surface area contributed by atoms with Crippen LogP contribution in [0, 0.1) is 0 Å². The van der Waals surface area contributed by atoms with Crippen molar-refractivity contribution < 1.29 is 9.53 Å². The van der Waals surface area contributed by atoms with E-state index in [1.807, 2.05) is 13.8 Å². The summed E-state index contributed by atoms with van der Waals surface area (Å²) < 4.78 is 4.77. The van der Waals surface area contributed by atoms with E-state index in [0.29, 0.717) is 6.10 Å². The number of halogens is 1. The van der Waals surface area contributed by atoms with E-state index in [2.05, 4.69) is 21.2 Å². The molecule has 2 unspecified atom stereocenters. The predicted octanol–water partition coefficient (Wildman–Crippen LogP) is 1.84. The first-order chi connectivity index (χ1) is 6.43. The van der Waals surface area contributed by atoms with Crippen LogP contribution in [0.1, 0.15) is 33.1 Å². The molecule has 1 fully saturated rings. The Labute approximate surface area is 93.7 Å². The molecule has 0 saturated heterocycles. The van der Waals surface area contributed by atoms with Crippen molar-refractivity contribution >= 4 is 21.8 Å². The fourth-order valence-electron chi connectivity index (χ4n) is 1.64. The molecule has 1 saturated carbocycles. The lowest BCUT2D eigenvalue weighted by Gasteiger charge is -2.20. The second kappa shape index (κ2) is 4.62. The molecule has 82 valence electrons. The summed E-state index contributed by atoms with van der Waals surface area (Å²) in [4.78, 5) is 11.6. The number of carbonyl (C=O) groups excluding carboxylic acids is 1. The predicted molar refractivity (Wildman–Crippen MR) is 59.6 cm³/mol. The Hall–Kier alpha value is -0.0900.